The van der Waals surface area contributed by atoms with Gasteiger partial charge in [0.1, 0.15) is 6.04 Å². The monoisotopic (exact) mass is 313 g/mol. The van der Waals surface area contributed by atoms with Crippen LogP contribution in [0.1, 0.15) is 20.3 Å². The SMILES string of the molecule is COC(=O)C(/C(C)=C(/C)Cl)N1CCC2C=C(C=CS2)C1. The first-order chi connectivity index (χ1) is 9.52. The number of carbonyl (C=O) groups excluding carboxylic acids is 1. The molecule has 20 heavy (non-hydrogen) atoms. The second kappa shape index (κ2) is 6.83. The van der Waals surface area contributed by atoms with Gasteiger partial charge in [0.05, 0.1) is 7.11 Å². The van der Waals surface area contributed by atoms with Crippen LogP contribution in [0, 0.1) is 0 Å². The van der Waals surface area contributed by atoms with Crippen LogP contribution in [0.2, 0.25) is 0 Å². The molecule has 0 radical (unpaired) electrons. The van der Waals surface area contributed by atoms with Gasteiger partial charge in [-0.3, -0.25) is 4.90 Å². The lowest BCUT2D eigenvalue weighted by atomic mass is 10.1. The highest BCUT2D eigenvalue weighted by atomic mass is 35.5. The Morgan fingerprint density at radius 2 is 2.30 bits per heavy atom. The fourth-order valence-corrected chi connectivity index (χ4v) is 3.60. The Labute approximate surface area is 129 Å². The van der Waals surface area contributed by atoms with E-state index in [0.29, 0.717) is 10.3 Å². The zero-order chi connectivity index (χ0) is 14.7. The maximum absolute atomic E-state index is 12.2. The van der Waals surface area contributed by atoms with Crippen molar-refractivity contribution in [3.63, 3.8) is 0 Å². The second-order valence-corrected chi connectivity index (χ2v) is 6.84. The highest BCUT2D eigenvalue weighted by molar-refractivity contribution is 8.02. The molecule has 2 aliphatic rings. The molecule has 3 nitrogen and oxygen atoms in total. The van der Waals surface area contributed by atoms with Crippen LogP contribution in [0.5, 0.6) is 0 Å². The fraction of sp³-hybridized carbons (Fsp3) is 0.533. The van der Waals surface area contributed by atoms with Gasteiger partial charge in [-0.15, -0.1) is 11.8 Å². The van der Waals surface area contributed by atoms with E-state index in [0.717, 1.165) is 25.1 Å². The van der Waals surface area contributed by atoms with Crippen LogP contribution in [-0.2, 0) is 9.53 Å². The summed E-state index contributed by atoms with van der Waals surface area (Å²) in [5.41, 5.74) is 2.13. The van der Waals surface area contributed by atoms with Gasteiger partial charge in [-0.05, 0) is 36.8 Å². The van der Waals surface area contributed by atoms with Crippen LogP contribution < -0.4 is 0 Å². The van der Waals surface area contributed by atoms with E-state index in [-0.39, 0.29) is 5.97 Å². The Balaban J connectivity index is 2.25. The highest BCUT2D eigenvalue weighted by Gasteiger charge is 2.31. The molecule has 0 aromatic heterocycles. The molecule has 2 rings (SSSR count). The van der Waals surface area contributed by atoms with Crippen molar-refractivity contribution in [2.75, 3.05) is 20.2 Å². The highest BCUT2D eigenvalue weighted by Crippen LogP contribution is 2.30. The number of hydrogen-bond acceptors (Lipinski definition) is 4. The van der Waals surface area contributed by atoms with Crippen molar-refractivity contribution in [2.24, 2.45) is 0 Å². The number of hydrogen-bond donors (Lipinski definition) is 0. The predicted octanol–water partition coefficient (Wildman–Crippen LogP) is 3.32. The van der Waals surface area contributed by atoms with Gasteiger partial charge in [0.25, 0.3) is 0 Å². The molecular weight excluding hydrogens is 294 g/mol. The molecule has 0 aromatic carbocycles. The van der Waals surface area contributed by atoms with Gasteiger partial charge in [0.2, 0.25) is 0 Å². The minimum absolute atomic E-state index is 0.240. The minimum Gasteiger partial charge on any atom is -0.468 e. The van der Waals surface area contributed by atoms with Gasteiger partial charge in [0, 0.05) is 23.4 Å². The van der Waals surface area contributed by atoms with Gasteiger partial charge in [-0.25, -0.2) is 4.79 Å². The topological polar surface area (TPSA) is 29.5 Å². The molecule has 2 aliphatic heterocycles. The van der Waals surface area contributed by atoms with Gasteiger partial charge >= 0.3 is 5.97 Å². The van der Waals surface area contributed by atoms with E-state index in [9.17, 15) is 4.79 Å². The lowest BCUT2D eigenvalue weighted by Crippen LogP contribution is -2.44. The van der Waals surface area contributed by atoms with Crippen LogP contribution in [0.3, 0.4) is 0 Å². The molecule has 2 heterocycles. The van der Waals surface area contributed by atoms with Crippen LogP contribution >= 0.6 is 23.4 Å². The van der Waals surface area contributed by atoms with Crippen molar-refractivity contribution in [2.45, 2.75) is 31.6 Å². The lowest BCUT2D eigenvalue weighted by molar-refractivity contribution is -0.145. The summed E-state index contributed by atoms with van der Waals surface area (Å²) in [5, 5.41) is 3.32. The molecule has 0 saturated carbocycles. The number of halogens is 1. The third kappa shape index (κ3) is 3.48. The number of nitrogens with zero attached hydrogens (tertiary/aromatic N) is 1. The molecule has 0 spiro atoms. The van der Waals surface area contributed by atoms with E-state index in [1.807, 2.05) is 25.6 Å². The lowest BCUT2D eigenvalue weighted by Gasteiger charge is -2.30. The van der Waals surface area contributed by atoms with Crippen molar-refractivity contribution >= 4 is 29.3 Å². The molecule has 0 fully saturated rings. The normalized spacial score (nSPS) is 25.4. The van der Waals surface area contributed by atoms with Gasteiger partial charge < -0.3 is 4.74 Å². The summed E-state index contributed by atoms with van der Waals surface area (Å²) in [4.78, 5) is 14.3. The Kier molecular flexibility index (Phi) is 5.35. The first kappa shape index (κ1) is 15.7. The maximum Gasteiger partial charge on any atom is 0.327 e. The maximum atomic E-state index is 12.2. The van der Waals surface area contributed by atoms with E-state index in [1.165, 1.54) is 12.7 Å². The summed E-state index contributed by atoms with van der Waals surface area (Å²) in [6, 6.07) is -0.392. The van der Waals surface area contributed by atoms with Crippen LogP contribution in [0.4, 0.5) is 0 Å². The number of allylic oxidation sites excluding steroid dienone is 1. The largest absolute Gasteiger partial charge is 0.468 e. The van der Waals surface area contributed by atoms with Crippen LogP contribution in [0.25, 0.3) is 0 Å². The quantitative estimate of drug-likeness (QED) is 0.748. The van der Waals surface area contributed by atoms with E-state index in [4.69, 9.17) is 16.3 Å². The average molecular weight is 314 g/mol. The van der Waals surface area contributed by atoms with Crippen molar-refractivity contribution in [3.05, 3.63) is 33.7 Å². The Morgan fingerprint density at radius 3 is 2.95 bits per heavy atom. The fourth-order valence-electron chi connectivity index (χ4n) is 2.54. The Morgan fingerprint density at radius 1 is 1.55 bits per heavy atom. The van der Waals surface area contributed by atoms with Crippen LogP contribution in [-0.4, -0.2) is 42.4 Å². The summed E-state index contributed by atoms with van der Waals surface area (Å²) in [6.45, 7) is 5.34. The first-order valence-electron chi connectivity index (χ1n) is 6.70. The third-order valence-electron chi connectivity index (χ3n) is 3.77. The summed E-state index contributed by atoms with van der Waals surface area (Å²) in [7, 11) is 1.43. The smallest absolute Gasteiger partial charge is 0.327 e. The summed E-state index contributed by atoms with van der Waals surface area (Å²) in [5.74, 6) is -0.240. The number of fused-ring (bicyclic) bond motifs is 1. The number of esters is 1. The molecule has 5 heteroatoms. The van der Waals surface area contributed by atoms with Gasteiger partial charge in [0.15, 0.2) is 0 Å². The molecule has 0 N–H and O–H groups in total. The van der Waals surface area contributed by atoms with Crippen molar-refractivity contribution in [1.82, 2.24) is 4.90 Å². The number of rotatable bonds is 3. The van der Waals surface area contributed by atoms with Gasteiger partial charge in [-0.2, -0.15) is 0 Å². The Bertz CT molecular complexity index is 480. The zero-order valence-corrected chi connectivity index (χ0v) is 13.6. The first-order valence-corrected chi connectivity index (χ1v) is 8.02. The summed E-state index contributed by atoms with van der Waals surface area (Å²) < 4.78 is 4.97. The number of ether oxygens (including phenoxy) is 1. The predicted molar refractivity (Wildman–Crippen MR) is 84.8 cm³/mol. The van der Waals surface area contributed by atoms with Crippen molar-refractivity contribution < 1.29 is 9.53 Å². The molecule has 0 aliphatic carbocycles. The average Bonchev–Trinajstić information content (AvgIpc) is 2.57. The molecule has 2 unspecified atom stereocenters. The molecule has 110 valence electrons. The van der Waals surface area contributed by atoms with E-state index < -0.39 is 6.04 Å². The number of carbonyl (C=O) groups is 1. The van der Waals surface area contributed by atoms with E-state index in [2.05, 4.69) is 22.5 Å². The number of thioether (sulfide) groups is 1. The molecular formula is C15H20ClNO2S. The van der Waals surface area contributed by atoms with Crippen molar-refractivity contribution in [3.8, 4) is 0 Å². The van der Waals surface area contributed by atoms with Gasteiger partial charge in [-0.1, -0.05) is 23.8 Å². The van der Waals surface area contributed by atoms with Crippen LogP contribution in [0.15, 0.2) is 33.7 Å². The van der Waals surface area contributed by atoms with Crippen molar-refractivity contribution in [1.29, 1.82) is 0 Å². The zero-order valence-electron chi connectivity index (χ0n) is 12.1. The number of methoxy groups -OCH3 is 1. The molecule has 0 amide bonds. The van der Waals surface area contributed by atoms with E-state index >= 15 is 0 Å². The third-order valence-corrected chi connectivity index (χ3v) is 5.08. The molecule has 2 bridgehead atoms. The molecule has 0 aromatic rings. The molecule has 0 saturated heterocycles. The minimum atomic E-state index is -0.392. The molecule has 2 atom stereocenters. The second-order valence-electron chi connectivity index (χ2n) is 5.12. The standard InChI is InChI=1S/C15H20ClNO2S/c1-10(11(2)16)14(15(18)19-3)17-6-4-13-8-12(9-17)5-7-20-13/h5,7-8,13-14H,4,6,9H2,1-3H3/b11-10-. The van der Waals surface area contributed by atoms with E-state index in [1.54, 1.807) is 0 Å². The summed E-state index contributed by atoms with van der Waals surface area (Å²) >= 11 is 7.94. The summed E-state index contributed by atoms with van der Waals surface area (Å²) in [6.07, 6.45) is 5.45. The Hall–Kier alpha value is -0.710.